The second-order valence-corrected chi connectivity index (χ2v) is 2.32. The van der Waals surface area contributed by atoms with Gasteiger partial charge in [0, 0.05) is 6.54 Å². The lowest BCUT2D eigenvalue weighted by atomic mass is 10.4. The molecule has 0 atom stereocenters. The highest BCUT2D eigenvalue weighted by Gasteiger charge is 1.94. The summed E-state index contributed by atoms with van der Waals surface area (Å²) < 4.78 is 0. The largest absolute Gasteiger partial charge is 0.304 e. The zero-order valence-electron chi connectivity index (χ0n) is 6.26. The summed E-state index contributed by atoms with van der Waals surface area (Å²) in [7, 11) is 0. The van der Waals surface area contributed by atoms with E-state index in [-0.39, 0.29) is 0 Å². The van der Waals surface area contributed by atoms with Crippen molar-refractivity contribution in [2.24, 2.45) is 0 Å². The van der Waals surface area contributed by atoms with Gasteiger partial charge in [-0.15, -0.1) is 0 Å². The van der Waals surface area contributed by atoms with Gasteiger partial charge in [-0.1, -0.05) is 26.1 Å². The molecule has 0 heterocycles. The number of nitrogens with zero attached hydrogens (tertiary/aromatic N) is 1. The minimum Gasteiger partial charge on any atom is -0.304 e. The normalized spacial score (nSPS) is 10.1. The average molecular weight is 145 g/mol. The Balaban J connectivity index is 3.19. The predicted octanol–water partition coefficient (Wildman–Crippen LogP) is 1.72. The molecule has 1 nitrogen and oxygen atoms in total. The Kier molecular flexibility index (Phi) is 6.21. The maximum atomic E-state index is 4.71. The first kappa shape index (κ1) is 9.05. The Morgan fingerprint density at radius 3 is 2.22 bits per heavy atom. The van der Waals surface area contributed by atoms with Crippen LogP contribution in [-0.4, -0.2) is 29.9 Å². The highest BCUT2D eigenvalue weighted by Crippen LogP contribution is 1.87. The molecule has 0 fully saturated rings. The van der Waals surface area contributed by atoms with Crippen molar-refractivity contribution < 1.29 is 0 Å². The Bertz CT molecular complexity index is 69.3. The predicted molar refractivity (Wildman–Crippen MR) is 46.1 cm³/mol. The third kappa shape index (κ3) is 4.55. The molecule has 0 aliphatic rings. The van der Waals surface area contributed by atoms with Crippen LogP contribution in [0.4, 0.5) is 0 Å². The van der Waals surface area contributed by atoms with Gasteiger partial charge < -0.3 is 4.90 Å². The molecule has 0 aliphatic heterocycles. The maximum Gasteiger partial charge on any atom is 0.00239 e. The molecule has 0 saturated heterocycles. The highest BCUT2D eigenvalue weighted by atomic mass is 32.1. The Morgan fingerprint density at radius 1 is 1.33 bits per heavy atom. The topological polar surface area (TPSA) is 3.24 Å². The van der Waals surface area contributed by atoms with Crippen molar-refractivity contribution in [2.45, 2.75) is 20.3 Å². The van der Waals surface area contributed by atoms with Crippen LogP contribution in [0.3, 0.4) is 0 Å². The SMILES string of the molecule is CCN(CC)CCC=S. The van der Waals surface area contributed by atoms with Crippen molar-refractivity contribution in [1.29, 1.82) is 0 Å². The maximum absolute atomic E-state index is 4.71. The van der Waals surface area contributed by atoms with E-state index < -0.39 is 0 Å². The van der Waals surface area contributed by atoms with Gasteiger partial charge in [0.2, 0.25) is 0 Å². The fourth-order valence-electron chi connectivity index (χ4n) is 0.775. The van der Waals surface area contributed by atoms with Gasteiger partial charge in [-0.2, -0.15) is 0 Å². The van der Waals surface area contributed by atoms with Gasteiger partial charge in [0.1, 0.15) is 0 Å². The lowest BCUT2D eigenvalue weighted by Gasteiger charge is -2.15. The summed E-state index contributed by atoms with van der Waals surface area (Å²) in [6.07, 6.45) is 1.04. The van der Waals surface area contributed by atoms with Crippen LogP contribution in [0.5, 0.6) is 0 Å². The molecule has 0 aliphatic carbocycles. The van der Waals surface area contributed by atoms with E-state index in [1.807, 2.05) is 0 Å². The lowest BCUT2D eigenvalue weighted by Crippen LogP contribution is -2.23. The Labute approximate surface area is 63.0 Å². The van der Waals surface area contributed by atoms with Crippen LogP contribution in [0.25, 0.3) is 0 Å². The van der Waals surface area contributed by atoms with Gasteiger partial charge in [0.15, 0.2) is 0 Å². The molecule has 0 saturated carbocycles. The molecule has 0 rings (SSSR count). The fourth-order valence-corrected chi connectivity index (χ4v) is 0.881. The molecule has 54 valence electrons. The summed E-state index contributed by atoms with van der Waals surface area (Å²) in [5, 5.41) is 1.80. The van der Waals surface area contributed by atoms with E-state index in [1.54, 1.807) is 5.37 Å². The third-order valence-corrected chi connectivity index (χ3v) is 1.69. The lowest BCUT2D eigenvalue weighted by molar-refractivity contribution is 0.314. The minimum absolute atomic E-state index is 1.04. The summed E-state index contributed by atoms with van der Waals surface area (Å²) in [5.74, 6) is 0. The Morgan fingerprint density at radius 2 is 1.89 bits per heavy atom. The standard InChI is InChI=1S/C7H15NS/c1-3-8(4-2)6-5-7-9/h7H,3-6H2,1-2H3. The molecule has 0 spiro atoms. The number of thiocarbonyl (C=S) groups is 1. The van der Waals surface area contributed by atoms with E-state index in [0.29, 0.717) is 0 Å². The molecule has 2 heteroatoms. The molecule has 9 heavy (non-hydrogen) atoms. The molecule has 0 amide bonds. The van der Waals surface area contributed by atoms with Crippen LogP contribution in [0.1, 0.15) is 20.3 Å². The van der Waals surface area contributed by atoms with Gasteiger partial charge in [-0.3, -0.25) is 0 Å². The van der Waals surface area contributed by atoms with E-state index in [4.69, 9.17) is 12.2 Å². The van der Waals surface area contributed by atoms with E-state index in [2.05, 4.69) is 18.7 Å². The van der Waals surface area contributed by atoms with Crippen molar-refractivity contribution in [3.05, 3.63) is 0 Å². The molecule has 0 radical (unpaired) electrons. The van der Waals surface area contributed by atoms with Gasteiger partial charge >= 0.3 is 0 Å². The molecule has 0 aromatic heterocycles. The van der Waals surface area contributed by atoms with Crippen molar-refractivity contribution in [3.8, 4) is 0 Å². The first-order valence-corrected chi connectivity index (χ1v) is 3.98. The zero-order chi connectivity index (χ0) is 7.11. The van der Waals surface area contributed by atoms with E-state index >= 15 is 0 Å². The molecular formula is C7H15NS. The third-order valence-electron chi connectivity index (χ3n) is 1.46. The van der Waals surface area contributed by atoms with Crippen molar-refractivity contribution in [2.75, 3.05) is 19.6 Å². The zero-order valence-corrected chi connectivity index (χ0v) is 7.08. The van der Waals surface area contributed by atoms with Gasteiger partial charge in [0.05, 0.1) is 0 Å². The van der Waals surface area contributed by atoms with Crippen LogP contribution < -0.4 is 0 Å². The smallest absolute Gasteiger partial charge is 0.00239 e. The summed E-state index contributed by atoms with van der Waals surface area (Å²) in [6.45, 7) is 7.75. The molecule has 0 aromatic carbocycles. The number of hydrogen-bond acceptors (Lipinski definition) is 2. The fraction of sp³-hybridized carbons (Fsp3) is 0.857. The molecule has 0 N–H and O–H groups in total. The summed E-state index contributed by atoms with van der Waals surface area (Å²) in [6, 6.07) is 0. The number of hydrogen-bond donors (Lipinski definition) is 0. The van der Waals surface area contributed by atoms with Crippen LogP contribution >= 0.6 is 12.2 Å². The summed E-state index contributed by atoms with van der Waals surface area (Å²) >= 11 is 4.71. The van der Waals surface area contributed by atoms with Crippen LogP contribution in [0, 0.1) is 0 Å². The van der Waals surface area contributed by atoms with Crippen molar-refractivity contribution in [3.63, 3.8) is 0 Å². The first-order chi connectivity index (χ1) is 4.35. The minimum atomic E-state index is 1.04. The van der Waals surface area contributed by atoms with Crippen molar-refractivity contribution >= 4 is 17.6 Å². The second kappa shape index (κ2) is 6.17. The molecular weight excluding hydrogens is 130 g/mol. The van der Waals surface area contributed by atoms with E-state index in [1.165, 1.54) is 0 Å². The molecule has 0 bridgehead atoms. The Hall–Kier alpha value is 0.0500. The van der Waals surface area contributed by atoms with Crippen molar-refractivity contribution in [1.82, 2.24) is 4.90 Å². The monoisotopic (exact) mass is 145 g/mol. The summed E-state index contributed by atoms with van der Waals surface area (Å²) in [5.41, 5.74) is 0. The van der Waals surface area contributed by atoms with Crippen LogP contribution in [0.2, 0.25) is 0 Å². The quantitative estimate of drug-likeness (QED) is 0.542. The van der Waals surface area contributed by atoms with Gasteiger partial charge in [-0.25, -0.2) is 0 Å². The first-order valence-electron chi connectivity index (χ1n) is 3.51. The highest BCUT2D eigenvalue weighted by molar-refractivity contribution is 7.78. The van der Waals surface area contributed by atoms with Crippen LogP contribution in [-0.2, 0) is 0 Å². The molecule has 0 unspecified atom stereocenters. The second-order valence-electron chi connectivity index (χ2n) is 1.98. The van der Waals surface area contributed by atoms with Gasteiger partial charge in [0.25, 0.3) is 0 Å². The van der Waals surface area contributed by atoms with E-state index in [9.17, 15) is 0 Å². The van der Waals surface area contributed by atoms with Crippen LogP contribution in [0.15, 0.2) is 0 Å². The van der Waals surface area contributed by atoms with Gasteiger partial charge in [-0.05, 0) is 24.9 Å². The van der Waals surface area contributed by atoms with E-state index in [0.717, 1.165) is 26.1 Å². The summed E-state index contributed by atoms with van der Waals surface area (Å²) in [4.78, 5) is 2.36. The molecule has 0 aromatic rings. The average Bonchev–Trinajstić information content (AvgIpc) is 1.91. The number of rotatable bonds is 5.